The number of aromatic nitrogens is 2. The summed E-state index contributed by atoms with van der Waals surface area (Å²) >= 11 is 1.27. The van der Waals surface area contributed by atoms with Crippen LogP contribution in [-0.4, -0.2) is 53.8 Å². The van der Waals surface area contributed by atoms with Crippen LogP contribution < -0.4 is 15.0 Å². The number of aromatic amines is 1. The third-order valence-electron chi connectivity index (χ3n) is 4.70. The largest absolute Gasteiger partial charge is 0.493 e. The number of amides is 1. The first-order chi connectivity index (χ1) is 14.1. The third kappa shape index (κ3) is 4.71. The van der Waals surface area contributed by atoms with Gasteiger partial charge in [-0.2, -0.15) is 5.26 Å². The summed E-state index contributed by atoms with van der Waals surface area (Å²) in [5.41, 5.74) is 0.261. The highest BCUT2D eigenvalue weighted by Crippen LogP contribution is 2.33. The molecule has 8 nitrogen and oxygen atoms in total. The van der Waals surface area contributed by atoms with Gasteiger partial charge in [0.25, 0.3) is 11.5 Å². The van der Waals surface area contributed by atoms with Gasteiger partial charge in [0.05, 0.1) is 12.8 Å². The Morgan fingerprint density at radius 1 is 1.31 bits per heavy atom. The van der Waals surface area contributed by atoms with E-state index in [9.17, 15) is 14.9 Å². The lowest BCUT2D eigenvalue weighted by Gasteiger charge is -2.26. The van der Waals surface area contributed by atoms with Crippen LogP contribution in [-0.2, 0) is 4.79 Å². The van der Waals surface area contributed by atoms with Crippen LogP contribution in [0.25, 0.3) is 11.3 Å². The first-order valence-corrected chi connectivity index (χ1v) is 10.5. The van der Waals surface area contributed by atoms with Crippen molar-refractivity contribution in [3.05, 3.63) is 34.1 Å². The van der Waals surface area contributed by atoms with Crippen molar-refractivity contribution in [2.24, 2.45) is 0 Å². The molecule has 1 saturated heterocycles. The molecule has 0 unspecified atom stereocenters. The number of ether oxygens (including phenoxy) is 2. The van der Waals surface area contributed by atoms with Gasteiger partial charge in [-0.25, -0.2) is 4.98 Å². The number of rotatable bonds is 6. The van der Waals surface area contributed by atoms with E-state index in [0.29, 0.717) is 22.2 Å². The Morgan fingerprint density at radius 3 is 2.72 bits per heavy atom. The number of methoxy groups -OCH3 is 1. The van der Waals surface area contributed by atoms with Gasteiger partial charge in [-0.05, 0) is 43.7 Å². The second kappa shape index (κ2) is 9.47. The minimum Gasteiger partial charge on any atom is -0.493 e. The average Bonchev–Trinajstić information content (AvgIpc) is 2.77. The molecule has 29 heavy (non-hydrogen) atoms. The Balaban J connectivity index is 1.84. The smallest absolute Gasteiger partial charge is 0.270 e. The van der Waals surface area contributed by atoms with Gasteiger partial charge in [-0.15, -0.1) is 0 Å². The predicted molar refractivity (Wildman–Crippen MR) is 109 cm³/mol. The molecule has 1 aliphatic rings. The molecule has 0 radical (unpaired) electrons. The van der Waals surface area contributed by atoms with E-state index >= 15 is 0 Å². The number of nitriles is 1. The molecule has 0 bridgehead atoms. The van der Waals surface area contributed by atoms with Crippen molar-refractivity contribution in [2.75, 3.05) is 33.1 Å². The van der Waals surface area contributed by atoms with Crippen LogP contribution in [0.4, 0.5) is 0 Å². The van der Waals surface area contributed by atoms with Gasteiger partial charge in [0.2, 0.25) is 0 Å². The van der Waals surface area contributed by atoms with E-state index in [1.54, 1.807) is 24.5 Å². The molecule has 2 aromatic rings. The standard InChI is InChI=1S/C20H22N4O4S/c1-27-16-10-13(18-14(11-21)19(26)23-20(22-18)29-2)6-7-15(16)28-12-17(25)24-8-4-3-5-9-24/h6-7,10H,3-5,8-9,12H2,1-2H3,(H,22,23,26). The van der Waals surface area contributed by atoms with Crippen LogP contribution in [0.1, 0.15) is 24.8 Å². The first-order valence-electron chi connectivity index (χ1n) is 9.24. The first kappa shape index (κ1) is 20.7. The number of carbonyl (C=O) groups excluding carboxylic acids is 1. The monoisotopic (exact) mass is 414 g/mol. The van der Waals surface area contributed by atoms with Gasteiger partial charge in [-0.1, -0.05) is 11.8 Å². The number of nitrogens with zero attached hydrogens (tertiary/aromatic N) is 3. The summed E-state index contributed by atoms with van der Waals surface area (Å²) in [5.74, 6) is 0.754. The van der Waals surface area contributed by atoms with Crippen LogP contribution in [0.2, 0.25) is 0 Å². The third-order valence-corrected chi connectivity index (χ3v) is 5.28. The minimum absolute atomic E-state index is 0.0523. The molecule has 1 amide bonds. The summed E-state index contributed by atoms with van der Waals surface area (Å²) in [5, 5.41) is 9.77. The number of nitrogens with one attached hydrogen (secondary N) is 1. The number of benzene rings is 1. The maximum atomic E-state index is 12.3. The molecule has 0 saturated carbocycles. The van der Waals surface area contributed by atoms with Gasteiger partial charge < -0.3 is 19.4 Å². The van der Waals surface area contributed by atoms with E-state index in [1.165, 1.54) is 18.9 Å². The maximum Gasteiger partial charge on any atom is 0.270 e. The van der Waals surface area contributed by atoms with E-state index in [4.69, 9.17) is 9.47 Å². The summed E-state index contributed by atoms with van der Waals surface area (Å²) < 4.78 is 11.1. The molecule has 1 fully saturated rings. The number of hydrogen-bond donors (Lipinski definition) is 1. The Hall–Kier alpha value is -2.99. The van der Waals surface area contributed by atoms with E-state index in [-0.39, 0.29) is 23.8 Å². The number of H-pyrrole nitrogens is 1. The van der Waals surface area contributed by atoms with E-state index in [1.807, 2.05) is 11.0 Å². The predicted octanol–water partition coefficient (Wildman–Crippen LogP) is 2.43. The SMILES string of the molecule is COc1cc(-c2nc(SC)[nH]c(=O)c2C#N)ccc1OCC(=O)N1CCCCC1. The fourth-order valence-electron chi connectivity index (χ4n) is 3.17. The van der Waals surface area contributed by atoms with Crippen LogP contribution in [0.3, 0.4) is 0 Å². The highest BCUT2D eigenvalue weighted by atomic mass is 32.2. The van der Waals surface area contributed by atoms with E-state index in [2.05, 4.69) is 9.97 Å². The number of hydrogen-bond acceptors (Lipinski definition) is 7. The van der Waals surface area contributed by atoms with Crippen LogP contribution in [0, 0.1) is 11.3 Å². The van der Waals surface area contributed by atoms with Crippen LogP contribution >= 0.6 is 11.8 Å². The zero-order chi connectivity index (χ0) is 20.8. The molecule has 0 spiro atoms. The van der Waals surface area contributed by atoms with Gasteiger partial charge >= 0.3 is 0 Å². The van der Waals surface area contributed by atoms with Crippen LogP contribution in [0.15, 0.2) is 28.2 Å². The maximum absolute atomic E-state index is 12.3. The van der Waals surface area contributed by atoms with Gasteiger partial charge in [0, 0.05) is 18.7 Å². The summed E-state index contributed by atoms with van der Waals surface area (Å²) in [6.45, 7) is 1.46. The molecule has 1 aromatic heterocycles. The lowest BCUT2D eigenvalue weighted by atomic mass is 10.1. The van der Waals surface area contributed by atoms with E-state index in [0.717, 1.165) is 32.4 Å². The van der Waals surface area contributed by atoms with Crippen molar-refractivity contribution in [3.63, 3.8) is 0 Å². The van der Waals surface area contributed by atoms with Crippen molar-refractivity contribution in [1.29, 1.82) is 5.26 Å². The Labute approximate surface area is 172 Å². The quantitative estimate of drug-likeness (QED) is 0.571. The summed E-state index contributed by atoms with van der Waals surface area (Å²) in [6.07, 6.45) is 4.97. The molecule has 1 aromatic carbocycles. The second-order valence-electron chi connectivity index (χ2n) is 6.51. The number of thioether (sulfide) groups is 1. The normalized spacial score (nSPS) is 13.6. The molecule has 152 valence electrons. The van der Waals surface area contributed by atoms with E-state index < -0.39 is 5.56 Å². The van der Waals surface area contributed by atoms with Gasteiger partial charge in [-0.3, -0.25) is 9.59 Å². The van der Waals surface area contributed by atoms with Crippen molar-refractivity contribution in [3.8, 4) is 28.8 Å². The van der Waals surface area contributed by atoms with Crippen LogP contribution in [0.5, 0.6) is 11.5 Å². The molecule has 3 rings (SSSR count). The summed E-state index contributed by atoms with van der Waals surface area (Å²) in [7, 11) is 1.49. The lowest BCUT2D eigenvalue weighted by Crippen LogP contribution is -2.38. The lowest BCUT2D eigenvalue weighted by molar-refractivity contribution is -0.134. The van der Waals surface area contributed by atoms with Gasteiger partial charge in [0.1, 0.15) is 11.6 Å². The average molecular weight is 414 g/mol. The molecular formula is C20H22N4O4S. The fraction of sp³-hybridized carbons (Fsp3) is 0.400. The fourth-order valence-corrected chi connectivity index (χ4v) is 3.55. The summed E-state index contributed by atoms with van der Waals surface area (Å²) in [6, 6.07) is 6.89. The zero-order valence-corrected chi connectivity index (χ0v) is 17.2. The molecule has 1 N–H and O–H groups in total. The Bertz CT molecular complexity index is 993. The number of likely N-dealkylation sites (tertiary alicyclic amines) is 1. The molecule has 1 aliphatic heterocycles. The molecular weight excluding hydrogens is 392 g/mol. The Morgan fingerprint density at radius 2 is 2.07 bits per heavy atom. The van der Waals surface area contributed by atoms with Gasteiger partial charge in [0.15, 0.2) is 23.3 Å². The summed E-state index contributed by atoms with van der Waals surface area (Å²) in [4.78, 5) is 33.2. The highest BCUT2D eigenvalue weighted by Gasteiger charge is 2.19. The molecule has 0 aliphatic carbocycles. The zero-order valence-electron chi connectivity index (χ0n) is 16.4. The van der Waals surface area contributed by atoms with Crippen molar-refractivity contribution in [2.45, 2.75) is 24.4 Å². The van der Waals surface area contributed by atoms with Crippen molar-refractivity contribution < 1.29 is 14.3 Å². The number of carbonyl (C=O) groups is 1. The molecule has 0 atom stereocenters. The molecule has 2 heterocycles. The highest BCUT2D eigenvalue weighted by molar-refractivity contribution is 7.98. The molecule has 9 heteroatoms. The topological polar surface area (TPSA) is 108 Å². The Kier molecular flexibility index (Phi) is 6.77. The second-order valence-corrected chi connectivity index (χ2v) is 7.30. The van der Waals surface area contributed by atoms with Crippen molar-refractivity contribution >= 4 is 17.7 Å². The minimum atomic E-state index is -0.492. The van der Waals surface area contributed by atoms with Crippen molar-refractivity contribution in [1.82, 2.24) is 14.9 Å². The number of piperidine rings is 1.